The Balaban J connectivity index is 1.56. The Labute approximate surface area is 191 Å². The lowest BCUT2D eigenvalue weighted by molar-refractivity contribution is -0.0437. The van der Waals surface area contributed by atoms with Gasteiger partial charge in [-0.2, -0.15) is 13.2 Å². The van der Waals surface area contributed by atoms with Gasteiger partial charge in [0.05, 0.1) is 17.6 Å². The molecule has 0 atom stereocenters. The molecule has 1 saturated heterocycles. The van der Waals surface area contributed by atoms with Gasteiger partial charge in [0.2, 0.25) is 0 Å². The highest BCUT2D eigenvalue weighted by molar-refractivity contribution is 9.10. The Kier molecular flexibility index (Phi) is 6.30. The van der Waals surface area contributed by atoms with E-state index in [-0.39, 0.29) is 10.0 Å². The summed E-state index contributed by atoms with van der Waals surface area (Å²) in [4.78, 5) is 14.4. The first-order valence-electron chi connectivity index (χ1n) is 9.98. The van der Waals surface area contributed by atoms with Crippen molar-refractivity contribution in [3.8, 4) is 22.6 Å². The average molecular weight is 529 g/mol. The van der Waals surface area contributed by atoms with Crippen LogP contribution in [-0.2, 0) is 15.6 Å². The first-order chi connectivity index (χ1) is 15.1. The molecule has 6 nitrogen and oxygen atoms in total. The van der Waals surface area contributed by atoms with E-state index in [1.54, 1.807) is 24.5 Å². The van der Waals surface area contributed by atoms with E-state index < -0.39 is 21.1 Å². The molecular weight excluding hydrogens is 509 g/mol. The van der Waals surface area contributed by atoms with Crippen LogP contribution in [0.25, 0.3) is 22.6 Å². The van der Waals surface area contributed by atoms with Crippen molar-refractivity contribution in [3.63, 3.8) is 0 Å². The molecule has 170 valence electrons. The predicted octanol–water partition coefficient (Wildman–Crippen LogP) is 5.33. The lowest BCUT2D eigenvalue weighted by Gasteiger charge is -2.27. The van der Waals surface area contributed by atoms with Crippen LogP contribution in [0.15, 0.2) is 47.2 Å². The van der Waals surface area contributed by atoms with Gasteiger partial charge in [-0.25, -0.2) is 18.4 Å². The molecule has 11 heteroatoms. The maximum atomic E-state index is 12.7. The molecule has 1 aliphatic rings. The highest BCUT2D eigenvalue weighted by Gasteiger charge is 2.45. The van der Waals surface area contributed by atoms with Gasteiger partial charge in [0.15, 0.2) is 0 Å². The third-order valence-corrected chi connectivity index (χ3v) is 7.47. The van der Waals surface area contributed by atoms with Crippen LogP contribution < -0.4 is 4.90 Å². The number of hydrogen-bond donors (Lipinski definition) is 1. The molecule has 1 aliphatic heterocycles. The number of aromatic amines is 1. The van der Waals surface area contributed by atoms with E-state index in [4.69, 9.17) is 0 Å². The molecule has 3 aromatic rings. The molecule has 0 amide bonds. The SMILES string of the molecule is O=S(=O)(Cc1ccc(-c2cnc(-c3ccnc(N4CCCCC4)c3)[nH]2)cc1Br)C(F)(F)F. The summed E-state index contributed by atoms with van der Waals surface area (Å²) >= 11 is 3.19. The van der Waals surface area contributed by atoms with Gasteiger partial charge >= 0.3 is 5.51 Å². The van der Waals surface area contributed by atoms with Crippen molar-refractivity contribution in [1.29, 1.82) is 0 Å². The Morgan fingerprint density at radius 2 is 1.78 bits per heavy atom. The number of anilines is 1. The average Bonchev–Trinajstić information content (AvgIpc) is 3.25. The number of pyridine rings is 1. The third kappa shape index (κ3) is 4.83. The maximum Gasteiger partial charge on any atom is 0.497 e. The van der Waals surface area contributed by atoms with Gasteiger partial charge in [0, 0.05) is 34.9 Å². The van der Waals surface area contributed by atoms with Crippen LogP contribution in [0.3, 0.4) is 0 Å². The highest BCUT2D eigenvalue weighted by atomic mass is 79.9. The lowest BCUT2D eigenvalue weighted by Crippen LogP contribution is -2.30. The van der Waals surface area contributed by atoms with E-state index in [9.17, 15) is 21.6 Å². The normalized spacial score (nSPS) is 15.2. The Hall–Kier alpha value is -2.40. The molecule has 1 aromatic carbocycles. The Bertz CT molecular complexity index is 1220. The summed E-state index contributed by atoms with van der Waals surface area (Å²) in [6, 6.07) is 8.34. The van der Waals surface area contributed by atoms with E-state index in [1.807, 2.05) is 12.1 Å². The summed E-state index contributed by atoms with van der Waals surface area (Å²) in [5.41, 5.74) is -3.07. The van der Waals surface area contributed by atoms with Crippen LogP contribution in [0, 0.1) is 0 Å². The van der Waals surface area contributed by atoms with E-state index >= 15 is 0 Å². The van der Waals surface area contributed by atoms with Crippen LogP contribution in [0.1, 0.15) is 24.8 Å². The number of H-pyrrole nitrogens is 1. The second-order valence-electron chi connectivity index (χ2n) is 7.61. The molecule has 2 aromatic heterocycles. The van der Waals surface area contributed by atoms with E-state index in [0.29, 0.717) is 17.1 Å². The van der Waals surface area contributed by atoms with Crippen molar-refractivity contribution in [2.75, 3.05) is 18.0 Å². The molecular formula is C21H20BrF3N4O2S. The summed E-state index contributed by atoms with van der Waals surface area (Å²) in [5, 5.41) is 0. The van der Waals surface area contributed by atoms with Gasteiger partial charge < -0.3 is 9.88 Å². The van der Waals surface area contributed by atoms with Gasteiger partial charge in [-0.1, -0.05) is 28.1 Å². The van der Waals surface area contributed by atoms with Gasteiger partial charge in [0.1, 0.15) is 11.6 Å². The molecule has 3 heterocycles. The second kappa shape index (κ2) is 8.86. The summed E-state index contributed by atoms with van der Waals surface area (Å²) < 4.78 is 61.2. The molecule has 1 fully saturated rings. The standard InChI is InChI=1S/C21H20BrF3N4O2S/c22-17-10-14(4-5-16(17)13-32(30,31)21(23,24)25)18-12-27-20(28-18)15-6-7-26-19(11-15)29-8-2-1-3-9-29/h4-7,10-12H,1-3,8-9,13H2,(H,27,28). The molecule has 0 unspecified atom stereocenters. The quantitative estimate of drug-likeness (QED) is 0.484. The monoisotopic (exact) mass is 528 g/mol. The smallest absolute Gasteiger partial charge is 0.357 e. The first-order valence-corrected chi connectivity index (χ1v) is 12.4. The van der Waals surface area contributed by atoms with Crippen molar-refractivity contribution >= 4 is 31.6 Å². The number of hydrogen-bond acceptors (Lipinski definition) is 5. The largest absolute Gasteiger partial charge is 0.497 e. The zero-order chi connectivity index (χ0) is 22.9. The summed E-state index contributed by atoms with van der Waals surface area (Å²) in [6.45, 7) is 1.95. The molecule has 32 heavy (non-hydrogen) atoms. The van der Waals surface area contributed by atoms with Gasteiger partial charge in [-0.3, -0.25) is 0 Å². The van der Waals surface area contributed by atoms with Crippen LogP contribution in [-0.4, -0.2) is 42.0 Å². The van der Waals surface area contributed by atoms with E-state index in [2.05, 4.69) is 35.8 Å². The predicted molar refractivity (Wildman–Crippen MR) is 120 cm³/mol. The van der Waals surface area contributed by atoms with Crippen LogP contribution in [0.2, 0.25) is 0 Å². The Morgan fingerprint density at radius 3 is 2.47 bits per heavy atom. The van der Waals surface area contributed by atoms with Gasteiger partial charge in [-0.05, 0) is 43.0 Å². The minimum absolute atomic E-state index is 0.0334. The van der Waals surface area contributed by atoms with Gasteiger partial charge in [0.25, 0.3) is 9.84 Å². The van der Waals surface area contributed by atoms with Crippen molar-refractivity contribution in [1.82, 2.24) is 15.0 Å². The topological polar surface area (TPSA) is 79.0 Å². The number of benzene rings is 1. The summed E-state index contributed by atoms with van der Waals surface area (Å²) in [7, 11) is -5.26. The number of halogens is 4. The van der Waals surface area contributed by atoms with Gasteiger partial charge in [-0.15, -0.1) is 0 Å². The van der Waals surface area contributed by atoms with E-state index in [0.717, 1.165) is 37.3 Å². The fourth-order valence-corrected chi connectivity index (χ4v) is 5.12. The number of alkyl halides is 3. The number of sulfone groups is 1. The molecule has 0 spiro atoms. The van der Waals surface area contributed by atoms with Crippen molar-refractivity contribution in [3.05, 3.63) is 52.8 Å². The second-order valence-corrected chi connectivity index (χ2v) is 10.4. The lowest BCUT2D eigenvalue weighted by atomic mass is 10.1. The third-order valence-electron chi connectivity index (χ3n) is 5.34. The number of rotatable bonds is 5. The first kappa shape index (κ1) is 22.8. The molecule has 0 saturated carbocycles. The Morgan fingerprint density at radius 1 is 1.03 bits per heavy atom. The fourth-order valence-electron chi connectivity index (χ4n) is 3.59. The van der Waals surface area contributed by atoms with Crippen molar-refractivity contribution in [2.24, 2.45) is 0 Å². The molecule has 0 aliphatic carbocycles. The van der Waals surface area contributed by atoms with E-state index in [1.165, 1.54) is 12.5 Å². The van der Waals surface area contributed by atoms with Crippen molar-refractivity contribution in [2.45, 2.75) is 30.5 Å². The summed E-state index contributed by atoms with van der Waals surface area (Å²) in [5.74, 6) is 0.417. The maximum absolute atomic E-state index is 12.7. The number of imidazole rings is 1. The van der Waals surface area contributed by atoms with Crippen LogP contribution in [0.4, 0.5) is 19.0 Å². The van der Waals surface area contributed by atoms with Crippen LogP contribution in [0.5, 0.6) is 0 Å². The van der Waals surface area contributed by atoms with Crippen LogP contribution >= 0.6 is 15.9 Å². The molecule has 0 bridgehead atoms. The fraction of sp³-hybridized carbons (Fsp3) is 0.333. The number of aromatic nitrogens is 3. The molecule has 4 rings (SSSR count). The minimum Gasteiger partial charge on any atom is -0.357 e. The number of nitrogens with one attached hydrogen (secondary N) is 1. The highest BCUT2D eigenvalue weighted by Crippen LogP contribution is 2.32. The zero-order valence-corrected chi connectivity index (χ0v) is 19.3. The summed E-state index contributed by atoms with van der Waals surface area (Å²) in [6.07, 6.45) is 6.89. The number of nitrogens with zero attached hydrogens (tertiary/aromatic N) is 3. The minimum atomic E-state index is -5.29. The number of piperidine rings is 1. The molecule has 1 N–H and O–H groups in total. The molecule has 0 radical (unpaired) electrons. The van der Waals surface area contributed by atoms with Crippen molar-refractivity contribution < 1.29 is 21.6 Å². The zero-order valence-electron chi connectivity index (χ0n) is 16.9.